The minimum atomic E-state index is 0.289. The Morgan fingerprint density at radius 1 is 1.50 bits per heavy atom. The van der Waals surface area contributed by atoms with Crippen LogP contribution in [0.2, 0.25) is 0 Å². The van der Waals surface area contributed by atoms with Crippen LogP contribution in [0.25, 0.3) is 0 Å². The highest BCUT2D eigenvalue weighted by atomic mass is 15.2. The Labute approximate surface area is 88.0 Å². The maximum atomic E-state index is 5.69. The van der Waals surface area contributed by atoms with Gasteiger partial charge >= 0.3 is 0 Å². The first-order valence-electron chi connectivity index (χ1n) is 5.65. The Morgan fingerprint density at radius 3 is 2.71 bits per heavy atom. The Morgan fingerprint density at radius 2 is 2.21 bits per heavy atom. The maximum Gasteiger partial charge on any atom is 0.0207 e. The number of hydrogen-bond donors (Lipinski definition) is 2. The lowest BCUT2D eigenvalue weighted by molar-refractivity contribution is 0.326. The first-order valence-corrected chi connectivity index (χ1v) is 5.65. The Balaban J connectivity index is 2.10. The van der Waals surface area contributed by atoms with Gasteiger partial charge in [-0.1, -0.05) is 13.8 Å². The van der Waals surface area contributed by atoms with Crippen LogP contribution in [-0.2, 0) is 0 Å². The monoisotopic (exact) mass is 199 g/mol. The molecule has 1 aliphatic heterocycles. The second-order valence-corrected chi connectivity index (χ2v) is 5.32. The molecule has 1 unspecified atom stereocenters. The zero-order valence-corrected chi connectivity index (χ0v) is 9.84. The van der Waals surface area contributed by atoms with E-state index in [2.05, 4.69) is 31.1 Å². The van der Waals surface area contributed by atoms with Crippen molar-refractivity contribution in [2.75, 3.05) is 33.2 Å². The van der Waals surface area contributed by atoms with E-state index in [0.717, 1.165) is 13.1 Å². The van der Waals surface area contributed by atoms with Gasteiger partial charge < -0.3 is 16.0 Å². The number of nitrogens with zero attached hydrogens (tertiary/aromatic N) is 1. The molecule has 0 bridgehead atoms. The summed E-state index contributed by atoms with van der Waals surface area (Å²) in [6, 6.07) is 0.702. The van der Waals surface area contributed by atoms with Gasteiger partial charge in [0, 0.05) is 12.6 Å². The molecule has 0 aliphatic carbocycles. The van der Waals surface area contributed by atoms with Crippen molar-refractivity contribution in [1.82, 2.24) is 10.2 Å². The lowest BCUT2D eigenvalue weighted by Crippen LogP contribution is -2.35. The summed E-state index contributed by atoms with van der Waals surface area (Å²) in [7, 11) is 2.19. The smallest absolute Gasteiger partial charge is 0.0207 e. The van der Waals surface area contributed by atoms with Crippen molar-refractivity contribution in [3.05, 3.63) is 0 Å². The molecule has 0 amide bonds. The van der Waals surface area contributed by atoms with Crippen LogP contribution < -0.4 is 11.1 Å². The van der Waals surface area contributed by atoms with Crippen LogP contribution >= 0.6 is 0 Å². The molecule has 1 atom stereocenters. The van der Waals surface area contributed by atoms with Gasteiger partial charge in [-0.05, 0) is 44.9 Å². The van der Waals surface area contributed by atoms with E-state index in [1.807, 2.05) is 0 Å². The number of hydrogen-bond acceptors (Lipinski definition) is 3. The Bertz CT molecular complexity index is 168. The highest BCUT2D eigenvalue weighted by Gasteiger charge is 2.20. The van der Waals surface area contributed by atoms with Crippen molar-refractivity contribution in [3.63, 3.8) is 0 Å². The van der Waals surface area contributed by atoms with Gasteiger partial charge in [0.15, 0.2) is 0 Å². The summed E-state index contributed by atoms with van der Waals surface area (Å²) in [6.07, 6.45) is 2.46. The second kappa shape index (κ2) is 5.10. The fourth-order valence-electron chi connectivity index (χ4n) is 1.82. The summed E-state index contributed by atoms with van der Waals surface area (Å²) in [4.78, 5) is 2.38. The van der Waals surface area contributed by atoms with Crippen molar-refractivity contribution < 1.29 is 0 Å². The number of nitrogens with one attached hydrogen (secondary N) is 1. The highest BCUT2D eigenvalue weighted by Crippen LogP contribution is 2.17. The van der Waals surface area contributed by atoms with E-state index in [4.69, 9.17) is 5.73 Å². The third-order valence-corrected chi connectivity index (χ3v) is 3.18. The molecule has 3 nitrogen and oxygen atoms in total. The minimum Gasteiger partial charge on any atom is -0.330 e. The van der Waals surface area contributed by atoms with Crippen molar-refractivity contribution in [2.24, 2.45) is 11.1 Å². The zero-order valence-electron chi connectivity index (χ0n) is 9.84. The molecule has 1 rings (SSSR count). The first-order chi connectivity index (χ1) is 6.53. The van der Waals surface area contributed by atoms with Gasteiger partial charge in [0.1, 0.15) is 0 Å². The molecule has 0 saturated carbocycles. The molecule has 0 aromatic carbocycles. The van der Waals surface area contributed by atoms with E-state index in [1.54, 1.807) is 0 Å². The summed E-state index contributed by atoms with van der Waals surface area (Å²) in [5, 5.41) is 3.61. The van der Waals surface area contributed by atoms with E-state index in [9.17, 15) is 0 Å². The van der Waals surface area contributed by atoms with Gasteiger partial charge in [0.25, 0.3) is 0 Å². The minimum absolute atomic E-state index is 0.289. The van der Waals surface area contributed by atoms with Crippen LogP contribution in [0.4, 0.5) is 0 Å². The molecule has 0 aromatic heterocycles. The van der Waals surface area contributed by atoms with Gasteiger partial charge in [-0.15, -0.1) is 0 Å². The lowest BCUT2D eigenvalue weighted by Gasteiger charge is -2.23. The molecule has 3 heteroatoms. The Kier molecular flexibility index (Phi) is 4.35. The molecule has 0 spiro atoms. The topological polar surface area (TPSA) is 41.3 Å². The predicted octanol–water partition coefficient (Wildman–Crippen LogP) is 0.655. The van der Waals surface area contributed by atoms with Crippen LogP contribution in [-0.4, -0.2) is 44.2 Å². The van der Waals surface area contributed by atoms with Gasteiger partial charge in [-0.25, -0.2) is 0 Å². The lowest BCUT2D eigenvalue weighted by atomic mass is 9.89. The second-order valence-electron chi connectivity index (χ2n) is 5.32. The van der Waals surface area contributed by atoms with E-state index in [-0.39, 0.29) is 5.41 Å². The summed E-state index contributed by atoms with van der Waals surface area (Å²) in [6.45, 7) is 8.77. The first kappa shape index (κ1) is 12.0. The fourth-order valence-corrected chi connectivity index (χ4v) is 1.82. The molecule has 0 aromatic rings. The number of likely N-dealkylation sites (N-methyl/N-ethyl adjacent to an activating group) is 1. The quantitative estimate of drug-likeness (QED) is 0.683. The molecule has 14 heavy (non-hydrogen) atoms. The molecule has 1 saturated heterocycles. The molecular formula is C11H25N3. The molecule has 1 heterocycles. The average molecular weight is 199 g/mol. The van der Waals surface area contributed by atoms with Gasteiger partial charge in [0.05, 0.1) is 0 Å². The third kappa shape index (κ3) is 3.95. The number of likely N-dealkylation sites (tertiary alicyclic amines) is 1. The van der Waals surface area contributed by atoms with E-state index in [0.29, 0.717) is 6.04 Å². The molecule has 3 N–H and O–H groups in total. The SMILES string of the molecule is CN1CCC(NCCC(C)(C)CN)C1. The summed E-state index contributed by atoms with van der Waals surface area (Å²) in [5.41, 5.74) is 5.98. The van der Waals surface area contributed by atoms with Crippen molar-refractivity contribution in [2.45, 2.75) is 32.7 Å². The van der Waals surface area contributed by atoms with Crippen LogP contribution in [0, 0.1) is 5.41 Å². The molecule has 1 fully saturated rings. The van der Waals surface area contributed by atoms with Crippen LogP contribution in [0.1, 0.15) is 26.7 Å². The Hall–Kier alpha value is -0.120. The fraction of sp³-hybridized carbons (Fsp3) is 1.00. The third-order valence-electron chi connectivity index (χ3n) is 3.18. The molecule has 0 radical (unpaired) electrons. The number of nitrogens with two attached hydrogens (primary N) is 1. The van der Waals surface area contributed by atoms with Crippen molar-refractivity contribution in [3.8, 4) is 0 Å². The van der Waals surface area contributed by atoms with Gasteiger partial charge in [-0.2, -0.15) is 0 Å². The standard InChI is InChI=1S/C11H25N3/c1-11(2,9-12)5-6-13-10-4-7-14(3)8-10/h10,13H,4-9,12H2,1-3H3. The normalized spacial score (nSPS) is 24.4. The average Bonchev–Trinajstić information content (AvgIpc) is 2.51. The number of rotatable bonds is 5. The van der Waals surface area contributed by atoms with E-state index in [1.165, 1.54) is 25.9 Å². The largest absolute Gasteiger partial charge is 0.330 e. The van der Waals surface area contributed by atoms with Crippen LogP contribution in [0.3, 0.4) is 0 Å². The van der Waals surface area contributed by atoms with Crippen LogP contribution in [0.15, 0.2) is 0 Å². The molecule has 1 aliphatic rings. The van der Waals surface area contributed by atoms with Crippen molar-refractivity contribution in [1.29, 1.82) is 0 Å². The summed E-state index contributed by atoms with van der Waals surface area (Å²) in [5.74, 6) is 0. The summed E-state index contributed by atoms with van der Waals surface area (Å²) < 4.78 is 0. The van der Waals surface area contributed by atoms with Crippen LogP contribution in [0.5, 0.6) is 0 Å². The molecule has 84 valence electrons. The van der Waals surface area contributed by atoms with Gasteiger partial charge in [0.2, 0.25) is 0 Å². The summed E-state index contributed by atoms with van der Waals surface area (Å²) >= 11 is 0. The van der Waals surface area contributed by atoms with E-state index < -0.39 is 0 Å². The highest BCUT2D eigenvalue weighted by molar-refractivity contribution is 4.80. The predicted molar refractivity (Wildman–Crippen MR) is 61.4 cm³/mol. The van der Waals surface area contributed by atoms with Crippen molar-refractivity contribution >= 4 is 0 Å². The zero-order chi connectivity index (χ0) is 10.6. The van der Waals surface area contributed by atoms with E-state index >= 15 is 0 Å². The molecular weight excluding hydrogens is 174 g/mol. The van der Waals surface area contributed by atoms with Gasteiger partial charge in [-0.3, -0.25) is 0 Å². The maximum absolute atomic E-state index is 5.69.